The Morgan fingerprint density at radius 1 is 0.389 bits per heavy atom. The monoisotopic (exact) mass is 680 g/mol. The second kappa shape index (κ2) is 9.39. The average molecular weight is 681 g/mol. The molecule has 0 saturated heterocycles. The van der Waals surface area contributed by atoms with Gasteiger partial charge in [-0.2, -0.15) is 0 Å². The second-order valence-corrected chi connectivity index (χ2v) is 15.5. The van der Waals surface area contributed by atoms with E-state index >= 15 is 0 Å². The average Bonchev–Trinajstić information content (AvgIpc) is 3.73. The lowest BCUT2D eigenvalue weighted by Crippen LogP contribution is -2.58. The largest absolute Gasteiger partial charge is 0.375 e. The minimum atomic E-state index is -0.468. The highest BCUT2D eigenvalue weighted by Gasteiger charge is 2.55. The zero-order valence-corrected chi connectivity index (χ0v) is 29.2. The van der Waals surface area contributed by atoms with Crippen molar-refractivity contribution in [1.29, 1.82) is 0 Å². The highest BCUT2D eigenvalue weighted by atomic mass is 15.2. The van der Waals surface area contributed by atoms with Crippen molar-refractivity contribution in [2.24, 2.45) is 0 Å². The summed E-state index contributed by atoms with van der Waals surface area (Å²) in [6.45, 7) is -0.0271. The summed E-state index contributed by atoms with van der Waals surface area (Å²) in [5.41, 5.74) is 19.5. The van der Waals surface area contributed by atoms with Gasteiger partial charge < -0.3 is 9.38 Å². The molecule has 4 aliphatic rings. The lowest BCUT2D eigenvalue weighted by molar-refractivity contribution is 0.754. The van der Waals surface area contributed by atoms with E-state index in [1.165, 1.54) is 116 Å². The first-order valence-corrected chi connectivity index (χ1v) is 19.1. The highest BCUT2D eigenvalue weighted by molar-refractivity contribution is 6.90. The quantitative estimate of drug-likeness (QED) is 0.145. The molecule has 14 rings (SSSR count). The Kier molecular flexibility index (Phi) is 4.83. The number of nitrogens with zero attached hydrogens (tertiary/aromatic N) is 2. The van der Waals surface area contributed by atoms with Crippen molar-refractivity contribution < 1.29 is 0 Å². The van der Waals surface area contributed by atoms with E-state index in [1.54, 1.807) is 0 Å². The van der Waals surface area contributed by atoms with Crippen LogP contribution in [-0.4, -0.2) is 11.3 Å². The van der Waals surface area contributed by atoms with Gasteiger partial charge in [0.15, 0.2) is 0 Å². The minimum Gasteiger partial charge on any atom is -0.375 e. The van der Waals surface area contributed by atoms with Crippen molar-refractivity contribution in [3.8, 4) is 22.3 Å². The first-order chi connectivity index (χ1) is 26.8. The molecule has 54 heavy (non-hydrogen) atoms. The van der Waals surface area contributed by atoms with Crippen LogP contribution in [0, 0.1) is 0 Å². The maximum absolute atomic E-state index is 2.74. The number of hydrogen-bond acceptors (Lipinski definition) is 1. The Morgan fingerprint density at radius 3 is 1.83 bits per heavy atom. The minimum absolute atomic E-state index is 0.0271. The van der Waals surface area contributed by atoms with Gasteiger partial charge in [0.25, 0.3) is 0 Å². The van der Waals surface area contributed by atoms with E-state index in [0.29, 0.717) is 0 Å². The Morgan fingerprint density at radius 2 is 1.00 bits per heavy atom. The van der Waals surface area contributed by atoms with Crippen LogP contribution in [-0.2, 0) is 5.41 Å². The number of para-hydroxylation sites is 3. The standard InChI is InChI=1S/C51H29BN2/c1-3-15-32-30(13-1)27-28-38-36-19-11-20-37-39-29-31-14-2-4-16-33(31)49-46(39)52(54(47(32)38)48(36)37)44-25-12-24-43-50(44)53(49)45-26-10-9-23-42(45)51(43)40-21-7-5-17-34(40)35-18-6-8-22-41(35)51/h1-29H. The van der Waals surface area contributed by atoms with Crippen LogP contribution in [0.5, 0.6) is 0 Å². The van der Waals surface area contributed by atoms with Gasteiger partial charge in [0.05, 0.1) is 16.8 Å². The lowest BCUT2D eigenvalue weighted by Gasteiger charge is -2.50. The van der Waals surface area contributed by atoms with Crippen LogP contribution >= 0.6 is 0 Å². The summed E-state index contributed by atoms with van der Waals surface area (Å²) in [5.74, 6) is 0. The van der Waals surface area contributed by atoms with Crippen molar-refractivity contribution in [2.45, 2.75) is 5.41 Å². The van der Waals surface area contributed by atoms with Gasteiger partial charge in [0, 0.05) is 43.8 Å². The Balaban J connectivity index is 1.24. The molecule has 0 amide bonds. The van der Waals surface area contributed by atoms with E-state index in [9.17, 15) is 0 Å². The summed E-state index contributed by atoms with van der Waals surface area (Å²) in [6, 6.07) is 66.9. The van der Waals surface area contributed by atoms with Crippen LogP contribution in [0.4, 0.5) is 17.1 Å². The van der Waals surface area contributed by atoms with Gasteiger partial charge in [-0.15, -0.1) is 0 Å². The van der Waals surface area contributed by atoms with Gasteiger partial charge in [-0.25, -0.2) is 0 Å². The molecule has 1 aliphatic carbocycles. The second-order valence-electron chi connectivity index (χ2n) is 15.5. The van der Waals surface area contributed by atoms with Gasteiger partial charge in [-0.3, -0.25) is 0 Å². The van der Waals surface area contributed by atoms with Crippen LogP contribution in [0.25, 0.3) is 65.6 Å². The Hall–Kier alpha value is -6.84. The molecule has 1 aromatic heterocycles. The molecule has 3 heteroatoms. The smallest absolute Gasteiger partial charge is 0.333 e. The van der Waals surface area contributed by atoms with Crippen molar-refractivity contribution >= 4 is 78.2 Å². The Bertz CT molecular complexity index is 3320. The summed E-state index contributed by atoms with van der Waals surface area (Å²) in [5, 5.41) is 7.77. The van der Waals surface area contributed by atoms with Crippen molar-refractivity contribution in [1.82, 2.24) is 4.48 Å². The predicted octanol–water partition coefficient (Wildman–Crippen LogP) is 11.2. The number of aromatic nitrogens is 1. The maximum Gasteiger partial charge on any atom is 0.333 e. The summed E-state index contributed by atoms with van der Waals surface area (Å²) >= 11 is 0. The fourth-order valence-corrected chi connectivity index (χ4v) is 11.5. The van der Waals surface area contributed by atoms with E-state index in [0.717, 1.165) is 0 Å². The van der Waals surface area contributed by atoms with E-state index < -0.39 is 5.41 Å². The molecular weight excluding hydrogens is 651 g/mol. The third-order valence-corrected chi connectivity index (χ3v) is 13.3. The van der Waals surface area contributed by atoms with Gasteiger partial charge in [-0.05, 0) is 72.8 Å². The predicted molar refractivity (Wildman–Crippen MR) is 226 cm³/mol. The topological polar surface area (TPSA) is 8.17 Å². The zero-order valence-electron chi connectivity index (χ0n) is 29.2. The molecule has 3 aliphatic heterocycles. The first-order valence-electron chi connectivity index (χ1n) is 19.1. The van der Waals surface area contributed by atoms with Crippen LogP contribution in [0.1, 0.15) is 22.3 Å². The molecule has 0 fully saturated rings. The molecule has 0 N–H and O–H groups in total. The molecule has 0 unspecified atom stereocenters. The number of anilines is 3. The molecule has 2 nitrogen and oxygen atoms in total. The number of benzene rings is 9. The van der Waals surface area contributed by atoms with E-state index in [2.05, 4.69) is 185 Å². The van der Waals surface area contributed by atoms with Gasteiger partial charge in [0.2, 0.25) is 0 Å². The van der Waals surface area contributed by atoms with Crippen molar-refractivity contribution in [3.05, 3.63) is 198 Å². The fraction of sp³-hybridized carbons (Fsp3) is 0.0196. The zero-order chi connectivity index (χ0) is 34.9. The van der Waals surface area contributed by atoms with Crippen LogP contribution in [0.15, 0.2) is 176 Å². The third-order valence-electron chi connectivity index (χ3n) is 13.3. The lowest BCUT2D eigenvalue weighted by atomic mass is 9.43. The summed E-state index contributed by atoms with van der Waals surface area (Å²) in [6.07, 6.45) is 0. The summed E-state index contributed by atoms with van der Waals surface area (Å²) in [7, 11) is 0. The van der Waals surface area contributed by atoms with Crippen LogP contribution < -0.4 is 15.8 Å². The molecule has 0 saturated carbocycles. The first kappa shape index (κ1) is 27.8. The number of fused-ring (bicyclic) bond motifs is 20. The summed E-state index contributed by atoms with van der Waals surface area (Å²) in [4.78, 5) is 2.67. The van der Waals surface area contributed by atoms with Gasteiger partial charge in [-0.1, -0.05) is 164 Å². The van der Waals surface area contributed by atoms with E-state index in [-0.39, 0.29) is 6.85 Å². The van der Waals surface area contributed by atoms with Crippen LogP contribution in [0.3, 0.4) is 0 Å². The molecule has 9 aromatic carbocycles. The number of rotatable bonds is 0. The molecule has 0 bridgehead atoms. The number of hydrogen-bond donors (Lipinski definition) is 0. The molecule has 0 atom stereocenters. The van der Waals surface area contributed by atoms with Crippen molar-refractivity contribution in [2.75, 3.05) is 4.90 Å². The molecule has 4 heterocycles. The SMILES string of the molecule is c1ccc2c(c1)-c1ccccc1C21c2ccccc2N2c3c(cccc31)B1c3c(cc4ccccc4c32)-c2cccc3c4ccc5ccccc5c4n1c23. The molecule has 10 aromatic rings. The molecule has 0 radical (unpaired) electrons. The fourth-order valence-electron chi connectivity index (χ4n) is 11.5. The molecule has 246 valence electrons. The molecular formula is C51H29BN2. The molecule has 1 spiro atoms. The van der Waals surface area contributed by atoms with Gasteiger partial charge >= 0.3 is 6.85 Å². The normalized spacial score (nSPS) is 14.7. The maximum atomic E-state index is 2.74. The van der Waals surface area contributed by atoms with E-state index in [1.807, 2.05) is 0 Å². The Labute approximate surface area is 312 Å². The van der Waals surface area contributed by atoms with Gasteiger partial charge in [0.1, 0.15) is 0 Å². The van der Waals surface area contributed by atoms with Crippen molar-refractivity contribution in [3.63, 3.8) is 0 Å². The van der Waals surface area contributed by atoms with Crippen LogP contribution in [0.2, 0.25) is 0 Å². The summed E-state index contributed by atoms with van der Waals surface area (Å²) < 4.78 is 2.74. The van der Waals surface area contributed by atoms with E-state index in [4.69, 9.17) is 0 Å². The third kappa shape index (κ3) is 2.94. The highest BCUT2D eigenvalue weighted by Crippen LogP contribution is 2.64.